The normalized spacial score (nSPS) is 16.4. The maximum Gasteiger partial charge on any atom is 0.129 e. The Kier molecular flexibility index (Phi) is 6.46. The van der Waals surface area contributed by atoms with Crippen molar-refractivity contribution in [3.63, 3.8) is 0 Å². The first-order chi connectivity index (χ1) is 10.2. The average Bonchev–Trinajstić information content (AvgIpc) is 2.48. The van der Waals surface area contributed by atoms with Crippen LogP contribution in [-0.2, 0) is 13.0 Å². The van der Waals surface area contributed by atoms with Crippen LogP contribution in [0.2, 0.25) is 0 Å². The predicted octanol–water partition coefficient (Wildman–Crippen LogP) is 2.29. The predicted molar refractivity (Wildman–Crippen MR) is 89.9 cm³/mol. The molecule has 0 spiro atoms. The molecule has 0 aliphatic carbocycles. The molecule has 4 heteroatoms. The van der Waals surface area contributed by atoms with Crippen LogP contribution in [0.3, 0.4) is 0 Å². The van der Waals surface area contributed by atoms with Gasteiger partial charge in [-0.1, -0.05) is 20.3 Å². The molecule has 1 aromatic heterocycles. The van der Waals surface area contributed by atoms with Crippen molar-refractivity contribution < 1.29 is 0 Å². The van der Waals surface area contributed by atoms with Crippen LogP contribution in [-0.4, -0.2) is 49.7 Å². The van der Waals surface area contributed by atoms with Crippen LogP contribution in [0.4, 0.5) is 5.82 Å². The summed E-state index contributed by atoms with van der Waals surface area (Å²) < 4.78 is 0. The largest absolute Gasteiger partial charge is 0.354 e. The van der Waals surface area contributed by atoms with Gasteiger partial charge in [0.2, 0.25) is 0 Å². The molecule has 0 saturated carbocycles. The smallest absolute Gasteiger partial charge is 0.129 e. The Hall–Kier alpha value is -1.13. The minimum absolute atomic E-state index is 0.952. The van der Waals surface area contributed by atoms with Gasteiger partial charge in [0.1, 0.15) is 5.82 Å². The van der Waals surface area contributed by atoms with E-state index in [1.165, 1.54) is 23.5 Å². The summed E-state index contributed by atoms with van der Waals surface area (Å²) in [5, 5.41) is 3.50. The van der Waals surface area contributed by atoms with Crippen LogP contribution in [0.25, 0.3) is 0 Å². The maximum atomic E-state index is 4.88. The average molecular weight is 290 g/mol. The van der Waals surface area contributed by atoms with Crippen LogP contribution < -0.4 is 10.2 Å². The van der Waals surface area contributed by atoms with E-state index in [0.29, 0.717) is 0 Å². The van der Waals surface area contributed by atoms with Gasteiger partial charge in [-0.3, -0.25) is 0 Å². The van der Waals surface area contributed by atoms with Crippen molar-refractivity contribution in [2.75, 3.05) is 44.7 Å². The Morgan fingerprint density at radius 2 is 1.86 bits per heavy atom. The second-order valence-electron chi connectivity index (χ2n) is 6.04. The molecule has 2 rings (SSSR count). The van der Waals surface area contributed by atoms with Crippen molar-refractivity contribution >= 4 is 5.82 Å². The summed E-state index contributed by atoms with van der Waals surface area (Å²) in [7, 11) is 2.19. The molecule has 118 valence electrons. The highest BCUT2D eigenvalue weighted by Crippen LogP contribution is 2.18. The third-order valence-electron chi connectivity index (χ3n) is 4.01. The molecule has 1 fully saturated rings. The number of anilines is 1. The number of nitrogens with zero attached hydrogens (tertiary/aromatic N) is 3. The van der Waals surface area contributed by atoms with E-state index >= 15 is 0 Å². The van der Waals surface area contributed by atoms with E-state index in [1.54, 1.807) is 0 Å². The summed E-state index contributed by atoms with van der Waals surface area (Å²) >= 11 is 0. The highest BCUT2D eigenvalue weighted by Gasteiger charge is 2.16. The minimum atomic E-state index is 0.952. The number of aromatic nitrogens is 1. The van der Waals surface area contributed by atoms with Crippen LogP contribution in [0, 0.1) is 0 Å². The Bertz CT molecular complexity index is 425. The van der Waals surface area contributed by atoms with Gasteiger partial charge in [-0.05, 0) is 44.1 Å². The van der Waals surface area contributed by atoms with Gasteiger partial charge in [0, 0.05) is 38.4 Å². The van der Waals surface area contributed by atoms with Gasteiger partial charge in [-0.15, -0.1) is 0 Å². The molecule has 21 heavy (non-hydrogen) atoms. The number of pyridine rings is 1. The first kappa shape index (κ1) is 16.2. The van der Waals surface area contributed by atoms with E-state index in [1.807, 2.05) is 0 Å². The van der Waals surface area contributed by atoms with E-state index in [2.05, 4.69) is 48.1 Å². The van der Waals surface area contributed by atoms with Gasteiger partial charge < -0.3 is 15.1 Å². The number of hydrogen-bond acceptors (Lipinski definition) is 4. The number of aryl methyl sites for hydroxylation is 1. The van der Waals surface area contributed by atoms with Gasteiger partial charge in [-0.2, -0.15) is 0 Å². The van der Waals surface area contributed by atoms with Crippen molar-refractivity contribution in [1.82, 2.24) is 15.2 Å². The molecule has 1 aliphatic heterocycles. The Balaban J connectivity index is 2.10. The summed E-state index contributed by atoms with van der Waals surface area (Å²) in [4.78, 5) is 9.70. The number of piperazine rings is 1. The second-order valence-corrected chi connectivity index (χ2v) is 6.04. The van der Waals surface area contributed by atoms with Crippen molar-refractivity contribution in [2.45, 2.75) is 39.7 Å². The third-order valence-corrected chi connectivity index (χ3v) is 4.01. The zero-order chi connectivity index (χ0) is 15.1. The first-order valence-corrected chi connectivity index (χ1v) is 8.37. The number of likely N-dealkylation sites (N-methyl/N-ethyl adjacent to an activating group) is 1. The lowest BCUT2D eigenvalue weighted by atomic mass is 10.1. The third kappa shape index (κ3) is 4.97. The zero-order valence-electron chi connectivity index (χ0n) is 13.9. The molecule has 1 aromatic rings. The lowest BCUT2D eigenvalue weighted by Gasteiger charge is -2.33. The molecule has 4 nitrogen and oxygen atoms in total. The second kappa shape index (κ2) is 8.35. The SMILES string of the molecule is CCCNCc1cc(CCC)nc(N2CCN(C)CC2)c1. The van der Waals surface area contributed by atoms with Gasteiger partial charge in [0.15, 0.2) is 0 Å². The fourth-order valence-electron chi connectivity index (χ4n) is 2.73. The van der Waals surface area contributed by atoms with Crippen molar-refractivity contribution in [2.24, 2.45) is 0 Å². The molecule has 2 heterocycles. The van der Waals surface area contributed by atoms with Crippen molar-refractivity contribution in [3.05, 3.63) is 23.4 Å². The van der Waals surface area contributed by atoms with Gasteiger partial charge in [-0.25, -0.2) is 4.98 Å². The quantitative estimate of drug-likeness (QED) is 0.781. The Labute approximate surface area is 129 Å². The first-order valence-electron chi connectivity index (χ1n) is 8.37. The zero-order valence-corrected chi connectivity index (χ0v) is 13.9. The van der Waals surface area contributed by atoms with Crippen molar-refractivity contribution in [3.8, 4) is 0 Å². The highest BCUT2D eigenvalue weighted by atomic mass is 15.3. The maximum absolute atomic E-state index is 4.88. The van der Waals surface area contributed by atoms with E-state index in [0.717, 1.165) is 52.1 Å². The van der Waals surface area contributed by atoms with Crippen LogP contribution in [0.15, 0.2) is 12.1 Å². The highest BCUT2D eigenvalue weighted by molar-refractivity contribution is 5.43. The summed E-state index contributed by atoms with van der Waals surface area (Å²) in [6.45, 7) is 10.9. The Morgan fingerprint density at radius 3 is 2.52 bits per heavy atom. The summed E-state index contributed by atoms with van der Waals surface area (Å²) in [6, 6.07) is 4.54. The van der Waals surface area contributed by atoms with E-state index < -0.39 is 0 Å². The summed E-state index contributed by atoms with van der Waals surface area (Å²) in [5.74, 6) is 1.17. The molecule has 0 amide bonds. The molecule has 0 aromatic carbocycles. The van der Waals surface area contributed by atoms with Crippen LogP contribution in [0.1, 0.15) is 37.9 Å². The molecule has 0 atom stereocenters. The van der Waals surface area contributed by atoms with Gasteiger partial charge in [0.05, 0.1) is 0 Å². The van der Waals surface area contributed by atoms with Gasteiger partial charge in [0.25, 0.3) is 0 Å². The van der Waals surface area contributed by atoms with E-state index in [-0.39, 0.29) is 0 Å². The monoisotopic (exact) mass is 290 g/mol. The van der Waals surface area contributed by atoms with Crippen molar-refractivity contribution in [1.29, 1.82) is 0 Å². The molecule has 1 aliphatic rings. The molecule has 1 N–H and O–H groups in total. The van der Waals surface area contributed by atoms with Crippen LogP contribution >= 0.6 is 0 Å². The van der Waals surface area contributed by atoms with Crippen LogP contribution in [0.5, 0.6) is 0 Å². The minimum Gasteiger partial charge on any atom is -0.354 e. The molecule has 1 saturated heterocycles. The Morgan fingerprint density at radius 1 is 1.10 bits per heavy atom. The van der Waals surface area contributed by atoms with E-state index in [4.69, 9.17) is 4.98 Å². The molecular formula is C17H30N4. The summed E-state index contributed by atoms with van der Waals surface area (Å²) in [5.41, 5.74) is 2.61. The molecule has 0 bridgehead atoms. The fourth-order valence-corrected chi connectivity index (χ4v) is 2.73. The number of rotatable bonds is 7. The molecule has 0 radical (unpaired) electrons. The molecule has 0 unspecified atom stereocenters. The van der Waals surface area contributed by atoms with E-state index in [9.17, 15) is 0 Å². The lowest BCUT2D eigenvalue weighted by molar-refractivity contribution is 0.312. The molecular weight excluding hydrogens is 260 g/mol. The number of nitrogens with one attached hydrogen (secondary N) is 1. The summed E-state index contributed by atoms with van der Waals surface area (Å²) in [6.07, 6.45) is 3.40. The topological polar surface area (TPSA) is 31.4 Å². The van der Waals surface area contributed by atoms with Gasteiger partial charge >= 0.3 is 0 Å². The fraction of sp³-hybridized carbons (Fsp3) is 0.706. The number of hydrogen-bond donors (Lipinski definition) is 1. The lowest BCUT2D eigenvalue weighted by Crippen LogP contribution is -2.44. The standard InChI is InChI=1S/C17H30N4/c1-4-6-16-12-15(14-18-7-5-2)13-17(19-16)21-10-8-20(3)9-11-21/h12-13,18H,4-11,14H2,1-3H3.